The van der Waals surface area contributed by atoms with E-state index in [1.165, 1.54) is 36.2 Å². The number of carbonyl (C=O) groups is 2. The highest BCUT2D eigenvalue weighted by Crippen LogP contribution is 2.28. The highest BCUT2D eigenvalue weighted by molar-refractivity contribution is 5.94. The van der Waals surface area contributed by atoms with Crippen LogP contribution >= 0.6 is 0 Å². The zero-order valence-corrected chi connectivity index (χ0v) is 21.5. The largest absolute Gasteiger partial charge is 0.480 e. The fourth-order valence-electron chi connectivity index (χ4n) is 3.43. The van der Waals surface area contributed by atoms with E-state index in [-0.39, 0.29) is 30.4 Å². The number of nitrogens with one attached hydrogen (secondary N) is 3. The summed E-state index contributed by atoms with van der Waals surface area (Å²) >= 11 is 0. The number of fused-ring (bicyclic) bond motifs is 2. The molecule has 0 radical (unpaired) electrons. The number of nitro benzene ring substituents is 2. The van der Waals surface area contributed by atoms with Gasteiger partial charge in [0.15, 0.2) is 11.6 Å². The number of aromatic amines is 2. The Bertz CT molecular complexity index is 1480. The number of nitrogens with zero attached hydrogens (tertiary/aromatic N) is 6. The SMILES string of the molecule is CN.CN(CC(=O)O)c1n[nH]c2ccc([N+](=O)[O-])cc12.CNC(=O)CN(C)c1n[nH]c2ccc([N+](=O)[O-])cc12. The van der Waals surface area contributed by atoms with Gasteiger partial charge in [0.1, 0.15) is 6.54 Å². The minimum atomic E-state index is -1.00. The molecule has 0 aliphatic heterocycles. The molecule has 0 unspecified atom stereocenters. The van der Waals surface area contributed by atoms with Crippen molar-refractivity contribution >= 4 is 56.7 Å². The van der Waals surface area contributed by atoms with E-state index in [9.17, 15) is 29.8 Å². The van der Waals surface area contributed by atoms with Crippen molar-refractivity contribution in [2.75, 3.05) is 51.1 Å². The molecule has 208 valence electrons. The molecule has 0 aliphatic carbocycles. The number of H-pyrrole nitrogens is 2. The lowest BCUT2D eigenvalue weighted by molar-refractivity contribution is -0.384. The number of rotatable bonds is 8. The van der Waals surface area contributed by atoms with Gasteiger partial charge in [-0.2, -0.15) is 10.2 Å². The van der Waals surface area contributed by atoms with Gasteiger partial charge in [0.25, 0.3) is 11.4 Å². The van der Waals surface area contributed by atoms with E-state index in [1.54, 1.807) is 38.2 Å². The summed E-state index contributed by atoms with van der Waals surface area (Å²) in [7, 11) is 6.30. The summed E-state index contributed by atoms with van der Waals surface area (Å²) < 4.78 is 0. The third-order valence-corrected chi connectivity index (χ3v) is 5.23. The Morgan fingerprint density at radius 1 is 0.897 bits per heavy atom. The average molecular weight is 545 g/mol. The van der Waals surface area contributed by atoms with Crippen LogP contribution in [0.5, 0.6) is 0 Å². The minimum absolute atomic E-state index is 0.0107. The molecule has 0 aliphatic rings. The number of carboxylic acid groups (broad SMARTS) is 1. The van der Waals surface area contributed by atoms with Crippen molar-refractivity contribution in [2.24, 2.45) is 5.73 Å². The van der Waals surface area contributed by atoms with Gasteiger partial charge in [-0.25, -0.2) is 0 Å². The monoisotopic (exact) mass is 544 g/mol. The summed E-state index contributed by atoms with van der Waals surface area (Å²) in [4.78, 5) is 45.5. The quantitative estimate of drug-likeness (QED) is 0.155. The maximum Gasteiger partial charge on any atom is 0.323 e. The predicted molar refractivity (Wildman–Crippen MR) is 144 cm³/mol. The molecule has 0 bridgehead atoms. The summed E-state index contributed by atoms with van der Waals surface area (Å²) in [6, 6.07) is 8.71. The molecule has 17 heteroatoms. The lowest BCUT2D eigenvalue weighted by Crippen LogP contribution is -2.33. The molecule has 0 spiro atoms. The van der Waals surface area contributed by atoms with Crippen LogP contribution in [-0.4, -0.2) is 88.5 Å². The van der Waals surface area contributed by atoms with Crippen LogP contribution in [0.15, 0.2) is 36.4 Å². The van der Waals surface area contributed by atoms with Crippen LogP contribution in [0.3, 0.4) is 0 Å². The molecule has 0 atom stereocenters. The molecule has 0 saturated heterocycles. The number of aromatic nitrogens is 4. The molecule has 0 saturated carbocycles. The van der Waals surface area contributed by atoms with Gasteiger partial charge in [-0.3, -0.25) is 40.0 Å². The van der Waals surface area contributed by atoms with Crippen molar-refractivity contribution in [1.82, 2.24) is 25.7 Å². The maximum atomic E-state index is 11.3. The number of nitrogens with two attached hydrogens (primary N) is 1. The first-order valence-corrected chi connectivity index (χ1v) is 11.2. The van der Waals surface area contributed by atoms with E-state index >= 15 is 0 Å². The third-order valence-electron chi connectivity index (χ3n) is 5.23. The number of non-ortho nitro benzene ring substituents is 2. The van der Waals surface area contributed by atoms with Gasteiger partial charge in [-0.15, -0.1) is 0 Å². The molecule has 2 aromatic carbocycles. The Balaban J connectivity index is 0.000000258. The standard InChI is InChI=1S/C11H13N5O3.C10H10N4O4.CH5N/c1-12-10(17)6-15(2)11-8-5-7(16(18)19)3-4-9(8)13-14-11;1-13(5-9(15)16)10-7-4-6(14(17)18)2-3-8(7)11-12-10;1-2/h3-5H,6H2,1-2H3,(H,12,17)(H,13,14);2-4H,5H2,1H3,(H,11,12)(H,15,16);2H2,1H3. The zero-order valence-electron chi connectivity index (χ0n) is 21.5. The van der Waals surface area contributed by atoms with Gasteiger partial charge in [0.05, 0.1) is 38.2 Å². The van der Waals surface area contributed by atoms with Crippen LogP contribution in [0.25, 0.3) is 21.8 Å². The van der Waals surface area contributed by atoms with E-state index in [0.29, 0.717) is 33.4 Å². The lowest BCUT2D eigenvalue weighted by atomic mass is 10.2. The van der Waals surface area contributed by atoms with Crippen molar-refractivity contribution < 1.29 is 24.5 Å². The Hall–Kier alpha value is -5.32. The first kappa shape index (κ1) is 29.9. The van der Waals surface area contributed by atoms with Gasteiger partial charge in [0, 0.05) is 45.4 Å². The van der Waals surface area contributed by atoms with E-state index in [4.69, 9.17) is 5.11 Å². The summed E-state index contributed by atoms with van der Waals surface area (Å²) in [5, 5.41) is 47.3. The summed E-state index contributed by atoms with van der Waals surface area (Å²) in [6.07, 6.45) is 0. The second kappa shape index (κ2) is 13.3. The predicted octanol–water partition coefficient (Wildman–Crippen LogP) is 1.22. The fraction of sp³-hybridized carbons (Fsp3) is 0.273. The van der Waals surface area contributed by atoms with Crippen LogP contribution in [0, 0.1) is 20.2 Å². The van der Waals surface area contributed by atoms with Crippen molar-refractivity contribution in [3.63, 3.8) is 0 Å². The molecule has 4 aromatic rings. The fourth-order valence-corrected chi connectivity index (χ4v) is 3.43. The molecule has 17 nitrogen and oxygen atoms in total. The summed E-state index contributed by atoms with van der Waals surface area (Å²) in [6.45, 7) is -0.109. The molecule has 39 heavy (non-hydrogen) atoms. The molecule has 2 aromatic heterocycles. The highest BCUT2D eigenvalue weighted by Gasteiger charge is 2.17. The number of aliphatic carboxylic acids is 1. The first-order chi connectivity index (χ1) is 18.5. The number of hydrogen-bond donors (Lipinski definition) is 5. The lowest BCUT2D eigenvalue weighted by Gasteiger charge is -2.15. The van der Waals surface area contributed by atoms with Crippen LogP contribution in [0.4, 0.5) is 23.0 Å². The maximum absolute atomic E-state index is 11.3. The first-order valence-electron chi connectivity index (χ1n) is 11.2. The number of hydrogen-bond acceptors (Lipinski definition) is 11. The number of benzene rings is 2. The smallest absolute Gasteiger partial charge is 0.323 e. The molecule has 1 amide bonds. The van der Waals surface area contributed by atoms with Gasteiger partial charge in [0.2, 0.25) is 5.91 Å². The molecule has 6 N–H and O–H groups in total. The molecule has 4 rings (SSSR count). The van der Waals surface area contributed by atoms with E-state index in [1.807, 2.05) is 0 Å². The number of anilines is 2. The molecule has 0 fully saturated rings. The Labute approximate surface area is 220 Å². The van der Waals surface area contributed by atoms with Gasteiger partial charge in [-0.1, -0.05) is 0 Å². The van der Waals surface area contributed by atoms with Gasteiger partial charge >= 0.3 is 5.97 Å². The number of carboxylic acids is 1. The number of amides is 1. The van der Waals surface area contributed by atoms with Crippen molar-refractivity contribution in [2.45, 2.75) is 0 Å². The van der Waals surface area contributed by atoms with Crippen LogP contribution in [0.2, 0.25) is 0 Å². The van der Waals surface area contributed by atoms with Gasteiger partial charge < -0.3 is 26.0 Å². The number of likely N-dealkylation sites (N-methyl/N-ethyl adjacent to an activating group) is 3. The Kier molecular flexibility index (Phi) is 10.2. The number of carbonyl (C=O) groups excluding carboxylic acids is 1. The van der Waals surface area contributed by atoms with E-state index in [0.717, 1.165) is 0 Å². The van der Waals surface area contributed by atoms with Gasteiger partial charge in [-0.05, 0) is 19.2 Å². The number of nitro groups is 2. The Morgan fingerprint density at radius 3 is 1.67 bits per heavy atom. The summed E-state index contributed by atoms with van der Waals surface area (Å²) in [5.74, 6) is -0.290. The molecule has 2 heterocycles. The second-order valence-corrected chi connectivity index (χ2v) is 7.85. The van der Waals surface area contributed by atoms with Crippen molar-refractivity contribution in [3.05, 3.63) is 56.6 Å². The van der Waals surface area contributed by atoms with E-state index < -0.39 is 15.8 Å². The molecular weight excluding hydrogens is 516 g/mol. The van der Waals surface area contributed by atoms with Crippen molar-refractivity contribution in [1.29, 1.82) is 0 Å². The van der Waals surface area contributed by atoms with Crippen LogP contribution < -0.4 is 20.9 Å². The third kappa shape index (κ3) is 7.35. The highest BCUT2D eigenvalue weighted by atomic mass is 16.6. The van der Waals surface area contributed by atoms with E-state index in [2.05, 4.69) is 31.4 Å². The van der Waals surface area contributed by atoms with Crippen molar-refractivity contribution in [3.8, 4) is 0 Å². The summed E-state index contributed by atoms with van der Waals surface area (Å²) in [5.41, 5.74) is 5.73. The average Bonchev–Trinajstić information content (AvgIpc) is 3.53. The topological polar surface area (TPSA) is 243 Å². The second-order valence-electron chi connectivity index (χ2n) is 7.85. The Morgan fingerprint density at radius 2 is 1.31 bits per heavy atom. The zero-order chi connectivity index (χ0) is 29.3. The minimum Gasteiger partial charge on any atom is -0.480 e. The molecular formula is C22H28N10O7. The normalized spacial score (nSPS) is 10.1. The van der Waals surface area contributed by atoms with Crippen LogP contribution in [0.1, 0.15) is 0 Å². The van der Waals surface area contributed by atoms with Crippen LogP contribution in [-0.2, 0) is 9.59 Å².